The molecular formula is C23H37N3O6. The third kappa shape index (κ3) is 8.12. The predicted molar refractivity (Wildman–Crippen MR) is 121 cm³/mol. The lowest BCUT2D eigenvalue weighted by molar-refractivity contribution is -0.144. The summed E-state index contributed by atoms with van der Waals surface area (Å²) in [5.41, 5.74) is 1.49. The lowest BCUT2D eigenvalue weighted by atomic mass is 9.96. The van der Waals surface area contributed by atoms with E-state index in [1.54, 1.807) is 34.6 Å². The Labute approximate surface area is 190 Å². The zero-order valence-corrected chi connectivity index (χ0v) is 20.1. The van der Waals surface area contributed by atoms with Crippen LogP contribution in [0.2, 0.25) is 0 Å². The second-order valence-corrected chi connectivity index (χ2v) is 9.06. The second-order valence-electron chi connectivity index (χ2n) is 9.06. The van der Waals surface area contributed by atoms with Crippen LogP contribution in [0.1, 0.15) is 57.4 Å². The Morgan fingerprint density at radius 1 is 1.09 bits per heavy atom. The maximum Gasteiger partial charge on any atom is 0.408 e. The topological polar surface area (TPSA) is 128 Å². The van der Waals surface area contributed by atoms with Crippen LogP contribution in [-0.4, -0.2) is 70.5 Å². The third-order valence-electron chi connectivity index (χ3n) is 4.52. The number of hydrogen-bond acceptors (Lipinski definition) is 6. The first-order valence-electron chi connectivity index (χ1n) is 10.7. The van der Waals surface area contributed by atoms with Gasteiger partial charge in [0.25, 0.3) is 0 Å². The number of carbonyl (C=O) groups is 3. The van der Waals surface area contributed by atoms with Gasteiger partial charge >= 0.3 is 6.09 Å². The van der Waals surface area contributed by atoms with Crippen molar-refractivity contribution in [1.29, 1.82) is 0 Å². The fourth-order valence-electron chi connectivity index (χ4n) is 3.18. The van der Waals surface area contributed by atoms with Crippen molar-refractivity contribution in [2.75, 3.05) is 19.8 Å². The summed E-state index contributed by atoms with van der Waals surface area (Å²) in [4.78, 5) is 39.9. The minimum Gasteiger partial charge on any atom is -0.444 e. The lowest BCUT2D eigenvalue weighted by Gasteiger charge is -2.34. The van der Waals surface area contributed by atoms with Gasteiger partial charge < -0.3 is 30.5 Å². The predicted octanol–water partition coefficient (Wildman–Crippen LogP) is 1.58. The minimum atomic E-state index is -1.35. The van der Waals surface area contributed by atoms with E-state index in [0.29, 0.717) is 5.56 Å². The molecule has 0 aliphatic rings. The van der Waals surface area contributed by atoms with Crippen molar-refractivity contribution in [1.82, 2.24) is 15.5 Å². The van der Waals surface area contributed by atoms with Crippen molar-refractivity contribution >= 4 is 17.9 Å². The number of nitrogens with zero attached hydrogens (tertiary/aromatic N) is 1. The summed E-state index contributed by atoms with van der Waals surface area (Å²) in [6.07, 6.45) is -0.872. The highest BCUT2D eigenvalue weighted by molar-refractivity contribution is 5.92. The van der Waals surface area contributed by atoms with Crippen LogP contribution in [-0.2, 0) is 14.3 Å². The number of alkyl carbamates (subject to hydrolysis) is 1. The maximum atomic E-state index is 13.4. The van der Waals surface area contributed by atoms with E-state index in [9.17, 15) is 24.6 Å². The molecule has 0 heterocycles. The van der Waals surface area contributed by atoms with Crippen molar-refractivity contribution in [3.63, 3.8) is 0 Å². The number of aliphatic hydroxyl groups excluding tert-OH is 2. The van der Waals surface area contributed by atoms with E-state index < -0.39 is 48.8 Å². The van der Waals surface area contributed by atoms with Crippen molar-refractivity contribution in [3.8, 4) is 0 Å². The van der Waals surface area contributed by atoms with Gasteiger partial charge in [-0.2, -0.15) is 0 Å². The molecule has 1 aromatic carbocycles. The Hall–Kier alpha value is -2.65. The molecular weight excluding hydrogens is 414 g/mol. The highest BCUT2D eigenvalue weighted by Gasteiger charge is 2.36. The lowest BCUT2D eigenvalue weighted by Crippen LogP contribution is -2.55. The fraction of sp³-hybridized carbons (Fsp3) is 0.609. The van der Waals surface area contributed by atoms with Crippen LogP contribution in [0.5, 0.6) is 0 Å². The molecule has 3 amide bonds. The van der Waals surface area contributed by atoms with Gasteiger partial charge in [0.05, 0.1) is 13.2 Å². The Balaban J connectivity index is 3.39. The standard InChI is InChI=1S/C23H37N3O6/c1-14(2)24-20(29)19(17-12-15(3)8-9-16(17)4)26(10-11-27)21(30)18(13-28)25-22(31)32-23(5,6)7/h8-9,12,14,18-19,27-28H,10-11,13H2,1-7H3,(H,24,29)(H,25,31). The molecule has 0 aliphatic heterocycles. The molecule has 0 bridgehead atoms. The Morgan fingerprint density at radius 2 is 1.72 bits per heavy atom. The summed E-state index contributed by atoms with van der Waals surface area (Å²) < 4.78 is 5.18. The molecule has 1 aromatic rings. The first kappa shape index (κ1) is 27.4. The van der Waals surface area contributed by atoms with Gasteiger partial charge in [-0.3, -0.25) is 9.59 Å². The van der Waals surface area contributed by atoms with Crippen LogP contribution in [0.3, 0.4) is 0 Å². The number of amides is 3. The van der Waals surface area contributed by atoms with E-state index in [4.69, 9.17) is 4.74 Å². The number of aryl methyl sites for hydroxylation is 2. The maximum absolute atomic E-state index is 13.4. The molecule has 2 atom stereocenters. The van der Waals surface area contributed by atoms with Gasteiger partial charge in [0.15, 0.2) is 0 Å². The van der Waals surface area contributed by atoms with Crippen LogP contribution >= 0.6 is 0 Å². The van der Waals surface area contributed by atoms with Gasteiger partial charge in [-0.1, -0.05) is 23.8 Å². The molecule has 0 saturated carbocycles. The average Bonchev–Trinajstić information content (AvgIpc) is 2.65. The number of benzene rings is 1. The van der Waals surface area contributed by atoms with Crippen LogP contribution in [0, 0.1) is 13.8 Å². The Bertz CT molecular complexity index is 803. The summed E-state index contributed by atoms with van der Waals surface area (Å²) in [5.74, 6) is -1.14. The smallest absolute Gasteiger partial charge is 0.408 e. The van der Waals surface area contributed by atoms with Crippen LogP contribution in [0.15, 0.2) is 18.2 Å². The Kier molecular flexibility index (Phi) is 10.1. The minimum absolute atomic E-state index is 0.172. The first-order valence-corrected chi connectivity index (χ1v) is 10.7. The summed E-state index contributed by atoms with van der Waals surface area (Å²) in [5, 5.41) is 24.7. The van der Waals surface area contributed by atoms with Gasteiger partial charge in [0.2, 0.25) is 11.8 Å². The molecule has 32 heavy (non-hydrogen) atoms. The highest BCUT2D eigenvalue weighted by Crippen LogP contribution is 2.26. The van der Waals surface area contributed by atoms with Gasteiger partial charge in [-0.25, -0.2) is 4.79 Å². The summed E-state index contributed by atoms with van der Waals surface area (Å²) >= 11 is 0. The number of nitrogens with one attached hydrogen (secondary N) is 2. The number of hydrogen-bond donors (Lipinski definition) is 4. The fourth-order valence-corrected chi connectivity index (χ4v) is 3.18. The number of carbonyl (C=O) groups excluding carboxylic acids is 3. The quantitative estimate of drug-likeness (QED) is 0.451. The molecule has 9 heteroatoms. The number of aliphatic hydroxyl groups is 2. The van der Waals surface area contributed by atoms with E-state index in [-0.39, 0.29) is 12.6 Å². The third-order valence-corrected chi connectivity index (χ3v) is 4.52. The van der Waals surface area contributed by atoms with Crippen molar-refractivity contribution in [3.05, 3.63) is 34.9 Å². The molecule has 0 saturated heterocycles. The van der Waals surface area contributed by atoms with Gasteiger partial charge in [0, 0.05) is 12.6 Å². The average molecular weight is 452 g/mol. The van der Waals surface area contributed by atoms with E-state index in [1.165, 1.54) is 4.90 Å². The van der Waals surface area contributed by atoms with Crippen LogP contribution < -0.4 is 10.6 Å². The van der Waals surface area contributed by atoms with Crippen molar-refractivity contribution in [2.24, 2.45) is 0 Å². The van der Waals surface area contributed by atoms with E-state index in [0.717, 1.165) is 11.1 Å². The monoisotopic (exact) mass is 451 g/mol. The Morgan fingerprint density at radius 3 is 2.22 bits per heavy atom. The van der Waals surface area contributed by atoms with Crippen molar-refractivity contribution < 1.29 is 29.3 Å². The number of rotatable bonds is 9. The van der Waals surface area contributed by atoms with E-state index in [2.05, 4.69) is 10.6 Å². The largest absolute Gasteiger partial charge is 0.444 e. The van der Waals surface area contributed by atoms with Gasteiger partial charge in [0.1, 0.15) is 17.7 Å². The van der Waals surface area contributed by atoms with Crippen molar-refractivity contribution in [2.45, 2.75) is 72.2 Å². The van der Waals surface area contributed by atoms with Gasteiger partial charge in [-0.05, 0) is 59.6 Å². The van der Waals surface area contributed by atoms with E-state index >= 15 is 0 Å². The SMILES string of the molecule is Cc1ccc(C)c(C(C(=O)NC(C)C)N(CCO)C(=O)C(CO)NC(=O)OC(C)(C)C)c1. The summed E-state index contributed by atoms with van der Waals surface area (Å²) in [6, 6.07) is 2.96. The molecule has 0 radical (unpaired) electrons. The van der Waals surface area contributed by atoms with Gasteiger partial charge in [-0.15, -0.1) is 0 Å². The molecule has 0 spiro atoms. The molecule has 2 unspecified atom stereocenters. The summed E-state index contributed by atoms with van der Waals surface area (Å²) in [6.45, 7) is 11.0. The number of ether oxygens (including phenoxy) is 1. The normalized spacial score (nSPS) is 13.3. The molecule has 0 aromatic heterocycles. The summed E-state index contributed by atoms with van der Waals surface area (Å²) in [7, 11) is 0. The zero-order valence-electron chi connectivity index (χ0n) is 20.1. The molecule has 0 aliphatic carbocycles. The van der Waals surface area contributed by atoms with Crippen LogP contribution in [0.4, 0.5) is 4.79 Å². The van der Waals surface area contributed by atoms with Crippen LogP contribution in [0.25, 0.3) is 0 Å². The molecule has 0 fully saturated rings. The second kappa shape index (κ2) is 11.8. The highest BCUT2D eigenvalue weighted by atomic mass is 16.6. The molecule has 180 valence electrons. The molecule has 1 rings (SSSR count). The molecule has 9 nitrogen and oxygen atoms in total. The van der Waals surface area contributed by atoms with E-state index in [1.807, 2.05) is 32.0 Å². The molecule has 4 N–H and O–H groups in total. The first-order chi connectivity index (χ1) is 14.8. The zero-order chi connectivity index (χ0) is 24.6.